The van der Waals surface area contributed by atoms with Crippen molar-refractivity contribution in [2.75, 3.05) is 0 Å². The van der Waals surface area contributed by atoms with Gasteiger partial charge in [0.25, 0.3) is 0 Å². The Morgan fingerprint density at radius 3 is 2.62 bits per heavy atom. The minimum absolute atomic E-state index is 0.481. The van der Waals surface area contributed by atoms with Crippen LogP contribution < -0.4 is 0 Å². The molecular weight excluding hydrogens is 218 g/mol. The molecule has 3 nitrogen and oxygen atoms in total. The Labute approximate surface area is 98.4 Å². The molecule has 0 saturated carbocycles. The molecule has 0 bridgehead atoms. The minimum Gasteiger partial charge on any atom is -0.345 e. The van der Waals surface area contributed by atoms with Crippen molar-refractivity contribution in [3.05, 3.63) is 46.4 Å². The molecule has 0 radical (unpaired) electrons. The van der Waals surface area contributed by atoms with Gasteiger partial charge < -0.3 is 4.98 Å². The van der Waals surface area contributed by atoms with E-state index >= 15 is 0 Å². The number of aryl methyl sites for hydroxylation is 1. The summed E-state index contributed by atoms with van der Waals surface area (Å²) in [5, 5.41) is 8.91. The first-order chi connectivity index (χ1) is 7.72. The van der Waals surface area contributed by atoms with E-state index in [-0.39, 0.29) is 0 Å². The molecule has 16 heavy (non-hydrogen) atoms. The summed E-state index contributed by atoms with van der Waals surface area (Å²) < 4.78 is 0.481. The molecule has 78 valence electrons. The van der Waals surface area contributed by atoms with Gasteiger partial charge in [-0.1, -0.05) is 12.2 Å². The van der Waals surface area contributed by atoms with Gasteiger partial charge in [-0.05, 0) is 30.7 Å². The minimum atomic E-state index is 0.481. The van der Waals surface area contributed by atoms with Crippen molar-refractivity contribution in [2.45, 2.75) is 6.92 Å². The number of rotatable bonds is 1. The van der Waals surface area contributed by atoms with Crippen molar-refractivity contribution in [3.63, 3.8) is 0 Å². The Bertz CT molecular complexity index is 608. The summed E-state index contributed by atoms with van der Waals surface area (Å²) in [7, 11) is 0. The Morgan fingerprint density at radius 1 is 1.38 bits per heavy atom. The van der Waals surface area contributed by atoms with Crippen LogP contribution in [0.4, 0.5) is 0 Å². The number of nitriles is 1. The van der Waals surface area contributed by atoms with Gasteiger partial charge in [-0.15, -0.1) is 0 Å². The molecule has 0 spiro atoms. The van der Waals surface area contributed by atoms with E-state index in [1.807, 2.05) is 25.1 Å². The molecule has 0 atom stereocenters. The van der Waals surface area contributed by atoms with Crippen LogP contribution >= 0.6 is 12.2 Å². The monoisotopic (exact) mass is 227 g/mol. The van der Waals surface area contributed by atoms with Crippen LogP contribution in [0.5, 0.6) is 0 Å². The molecule has 4 heteroatoms. The molecule has 0 unspecified atom stereocenters. The quantitative estimate of drug-likeness (QED) is 0.762. The molecule has 1 N–H and O–H groups in total. The SMILES string of the molecule is Cc1cc(-c2ccncc2)[nH]c(=S)c1C#N. The van der Waals surface area contributed by atoms with Gasteiger partial charge >= 0.3 is 0 Å². The first kappa shape index (κ1) is 10.5. The van der Waals surface area contributed by atoms with Crippen molar-refractivity contribution in [1.29, 1.82) is 5.26 Å². The van der Waals surface area contributed by atoms with Crippen LogP contribution in [-0.2, 0) is 0 Å². The lowest BCUT2D eigenvalue weighted by Gasteiger charge is -2.04. The zero-order chi connectivity index (χ0) is 11.5. The lowest BCUT2D eigenvalue weighted by atomic mass is 10.1. The number of pyridine rings is 2. The first-order valence-electron chi connectivity index (χ1n) is 4.77. The average Bonchev–Trinajstić information content (AvgIpc) is 2.30. The van der Waals surface area contributed by atoms with Crippen LogP contribution in [0.1, 0.15) is 11.1 Å². The maximum Gasteiger partial charge on any atom is 0.121 e. The summed E-state index contributed by atoms with van der Waals surface area (Å²) in [5.41, 5.74) is 3.34. The van der Waals surface area contributed by atoms with Gasteiger partial charge in [0.15, 0.2) is 0 Å². The highest BCUT2D eigenvalue weighted by Gasteiger charge is 2.04. The normalized spacial score (nSPS) is 9.75. The van der Waals surface area contributed by atoms with Gasteiger partial charge in [0.05, 0.1) is 5.56 Å². The third-order valence-corrected chi connectivity index (χ3v) is 2.64. The van der Waals surface area contributed by atoms with E-state index in [2.05, 4.69) is 16.0 Å². The highest BCUT2D eigenvalue weighted by Crippen LogP contribution is 2.19. The average molecular weight is 227 g/mol. The second kappa shape index (κ2) is 4.25. The lowest BCUT2D eigenvalue weighted by molar-refractivity contribution is 1.22. The molecule has 0 aliphatic carbocycles. The second-order valence-electron chi connectivity index (χ2n) is 3.42. The zero-order valence-corrected chi connectivity index (χ0v) is 9.51. The standard InChI is InChI=1S/C12H9N3S/c1-8-6-11(9-2-4-14-5-3-9)15-12(16)10(8)7-13/h2-6H,1H3,(H,15,16). The number of nitrogens with one attached hydrogen (secondary N) is 1. The van der Waals surface area contributed by atoms with Gasteiger partial charge in [-0.25, -0.2) is 0 Å². The van der Waals surface area contributed by atoms with E-state index < -0.39 is 0 Å². The Morgan fingerprint density at radius 2 is 2.06 bits per heavy atom. The molecule has 2 aromatic rings. The summed E-state index contributed by atoms with van der Waals surface area (Å²) >= 11 is 5.13. The number of nitrogens with zero attached hydrogens (tertiary/aromatic N) is 2. The van der Waals surface area contributed by atoms with Crippen LogP contribution in [0, 0.1) is 22.9 Å². The predicted molar refractivity (Wildman–Crippen MR) is 64.3 cm³/mol. The highest BCUT2D eigenvalue weighted by atomic mass is 32.1. The largest absolute Gasteiger partial charge is 0.345 e. The molecule has 2 aromatic heterocycles. The van der Waals surface area contributed by atoms with Gasteiger partial charge in [0.2, 0.25) is 0 Å². The Hall–Kier alpha value is -1.99. The number of aromatic nitrogens is 2. The second-order valence-corrected chi connectivity index (χ2v) is 3.83. The number of hydrogen-bond acceptors (Lipinski definition) is 3. The Kier molecular flexibility index (Phi) is 2.80. The molecule has 0 aliphatic rings. The molecule has 0 fully saturated rings. The number of aromatic amines is 1. The summed E-state index contributed by atoms with van der Waals surface area (Å²) in [6, 6.07) is 7.80. The van der Waals surface area contributed by atoms with Gasteiger partial charge in [0, 0.05) is 23.7 Å². The Balaban J connectivity index is 2.63. The van der Waals surface area contributed by atoms with Crippen LogP contribution in [0.3, 0.4) is 0 Å². The highest BCUT2D eigenvalue weighted by molar-refractivity contribution is 7.71. The maximum atomic E-state index is 8.91. The van der Waals surface area contributed by atoms with Crippen molar-refractivity contribution in [2.24, 2.45) is 0 Å². The van der Waals surface area contributed by atoms with Gasteiger partial charge in [-0.3, -0.25) is 4.98 Å². The summed E-state index contributed by atoms with van der Waals surface area (Å²) in [4.78, 5) is 7.01. The molecular formula is C12H9N3S. The summed E-state index contributed by atoms with van der Waals surface area (Å²) in [5.74, 6) is 0. The zero-order valence-electron chi connectivity index (χ0n) is 8.69. The molecule has 2 rings (SSSR count). The first-order valence-corrected chi connectivity index (χ1v) is 5.17. The third kappa shape index (κ3) is 1.86. The van der Waals surface area contributed by atoms with Crippen LogP contribution in [0.25, 0.3) is 11.3 Å². The molecule has 2 heterocycles. The van der Waals surface area contributed by atoms with Crippen molar-refractivity contribution < 1.29 is 0 Å². The number of H-pyrrole nitrogens is 1. The van der Waals surface area contributed by atoms with Crippen LogP contribution in [0.2, 0.25) is 0 Å². The molecule has 0 aliphatic heterocycles. The fraction of sp³-hybridized carbons (Fsp3) is 0.0833. The molecule has 0 amide bonds. The summed E-state index contributed by atoms with van der Waals surface area (Å²) in [6.45, 7) is 1.88. The van der Waals surface area contributed by atoms with Crippen molar-refractivity contribution in [1.82, 2.24) is 9.97 Å². The predicted octanol–water partition coefficient (Wildman–Crippen LogP) is 2.99. The maximum absolute atomic E-state index is 8.91. The summed E-state index contributed by atoms with van der Waals surface area (Å²) in [6.07, 6.45) is 3.44. The lowest BCUT2D eigenvalue weighted by Crippen LogP contribution is -1.91. The van der Waals surface area contributed by atoms with E-state index in [9.17, 15) is 0 Å². The van der Waals surface area contributed by atoms with Gasteiger partial charge in [-0.2, -0.15) is 5.26 Å². The van der Waals surface area contributed by atoms with E-state index in [1.165, 1.54) is 0 Å². The fourth-order valence-corrected chi connectivity index (χ4v) is 1.83. The van der Waals surface area contributed by atoms with E-state index in [0.29, 0.717) is 10.2 Å². The van der Waals surface area contributed by atoms with E-state index in [1.54, 1.807) is 12.4 Å². The van der Waals surface area contributed by atoms with E-state index in [0.717, 1.165) is 16.8 Å². The van der Waals surface area contributed by atoms with E-state index in [4.69, 9.17) is 17.5 Å². The van der Waals surface area contributed by atoms with Crippen molar-refractivity contribution in [3.8, 4) is 17.3 Å². The van der Waals surface area contributed by atoms with Crippen LogP contribution in [-0.4, -0.2) is 9.97 Å². The molecule has 0 aromatic carbocycles. The fourth-order valence-electron chi connectivity index (χ4n) is 1.51. The topological polar surface area (TPSA) is 52.5 Å². The smallest absolute Gasteiger partial charge is 0.121 e. The van der Waals surface area contributed by atoms with Crippen LogP contribution in [0.15, 0.2) is 30.6 Å². The van der Waals surface area contributed by atoms with Crippen molar-refractivity contribution >= 4 is 12.2 Å². The number of hydrogen-bond donors (Lipinski definition) is 1. The molecule has 0 saturated heterocycles. The third-order valence-electron chi connectivity index (χ3n) is 2.33. The van der Waals surface area contributed by atoms with Gasteiger partial charge in [0.1, 0.15) is 10.7 Å².